The van der Waals surface area contributed by atoms with Crippen molar-refractivity contribution in [2.45, 2.75) is 19.4 Å². The Morgan fingerprint density at radius 1 is 1.39 bits per heavy atom. The van der Waals surface area contributed by atoms with E-state index in [0.29, 0.717) is 25.4 Å². The first-order valence-electron chi connectivity index (χ1n) is 6.02. The number of hydrogen-bond acceptors (Lipinski definition) is 3. The van der Waals surface area contributed by atoms with Gasteiger partial charge in [-0.15, -0.1) is 0 Å². The summed E-state index contributed by atoms with van der Waals surface area (Å²) in [6, 6.07) is 7.01. The summed E-state index contributed by atoms with van der Waals surface area (Å²) < 4.78 is 5.57. The summed E-state index contributed by atoms with van der Waals surface area (Å²) in [6.07, 6.45) is 0. The lowest BCUT2D eigenvalue weighted by Gasteiger charge is -2.38. The smallest absolute Gasteiger partial charge is 0.322 e. The van der Waals surface area contributed by atoms with Crippen molar-refractivity contribution in [2.75, 3.05) is 30.7 Å². The number of nitrogens with zero attached hydrogens (tertiary/aromatic N) is 1. The van der Waals surface area contributed by atoms with Gasteiger partial charge in [0.1, 0.15) is 0 Å². The van der Waals surface area contributed by atoms with Gasteiger partial charge < -0.3 is 20.7 Å². The first-order valence-corrected chi connectivity index (χ1v) is 6.02. The molecule has 2 amide bonds. The van der Waals surface area contributed by atoms with Crippen LogP contribution in [0.1, 0.15) is 13.8 Å². The topological polar surface area (TPSA) is 67.6 Å². The second kappa shape index (κ2) is 4.86. The van der Waals surface area contributed by atoms with E-state index in [0.717, 1.165) is 5.69 Å². The highest BCUT2D eigenvalue weighted by Gasteiger charge is 2.29. The highest BCUT2D eigenvalue weighted by atomic mass is 16.5. The van der Waals surface area contributed by atoms with Crippen molar-refractivity contribution in [1.82, 2.24) is 4.90 Å². The molecule has 1 aliphatic rings. The number of hydrogen-bond donors (Lipinski definition) is 2. The van der Waals surface area contributed by atoms with Crippen LogP contribution in [0.4, 0.5) is 16.2 Å². The molecule has 0 bridgehead atoms. The van der Waals surface area contributed by atoms with Crippen molar-refractivity contribution in [1.29, 1.82) is 0 Å². The molecule has 0 atom stereocenters. The molecule has 2 rings (SSSR count). The summed E-state index contributed by atoms with van der Waals surface area (Å²) in [4.78, 5) is 13.8. The molecule has 1 fully saturated rings. The van der Waals surface area contributed by atoms with E-state index in [1.807, 2.05) is 13.8 Å². The quantitative estimate of drug-likeness (QED) is 0.747. The number of nitrogens with two attached hydrogens (primary N) is 1. The zero-order valence-electron chi connectivity index (χ0n) is 10.8. The SMILES string of the molecule is CC1(C)CN(C(=O)Nc2ccc(N)cc2)CCO1. The number of amides is 2. The molecule has 0 radical (unpaired) electrons. The Morgan fingerprint density at radius 3 is 2.67 bits per heavy atom. The van der Waals surface area contributed by atoms with Gasteiger partial charge in [0, 0.05) is 17.9 Å². The van der Waals surface area contributed by atoms with Crippen LogP contribution in [0.5, 0.6) is 0 Å². The standard InChI is InChI=1S/C13H19N3O2/c1-13(2)9-16(7-8-18-13)12(17)15-11-5-3-10(14)4-6-11/h3-6H,7-9,14H2,1-2H3,(H,15,17). The molecule has 5 nitrogen and oxygen atoms in total. The summed E-state index contributed by atoms with van der Waals surface area (Å²) in [7, 11) is 0. The third-order valence-electron chi connectivity index (χ3n) is 2.87. The minimum absolute atomic E-state index is 0.101. The molecule has 0 aromatic heterocycles. The van der Waals surface area contributed by atoms with E-state index < -0.39 is 0 Å². The lowest BCUT2D eigenvalue weighted by Crippen LogP contribution is -2.51. The van der Waals surface area contributed by atoms with E-state index in [9.17, 15) is 4.79 Å². The molecule has 18 heavy (non-hydrogen) atoms. The maximum absolute atomic E-state index is 12.1. The van der Waals surface area contributed by atoms with Crippen LogP contribution < -0.4 is 11.1 Å². The fourth-order valence-electron chi connectivity index (χ4n) is 1.96. The molecule has 1 saturated heterocycles. The van der Waals surface area contributed by atoms with Gasteiger partial charge >= 0.3 is 6.03 Å². The number of nitrogens with one attached hydrogen (secondary N) is 1. The van der Waals surface area contributed by atoms with Crippen molar-refractivity contribution in [3.8, 4) is 0 Å². The number of urea groups is 1. The van der Waals surface area contributed by atoms with Crippen molar-refractivity contribution >= 4 is 17.4 Å². The van der Waals surface area contributed by atoms with Crippen LogP contribution in [0, 0.1) is 0 Å². The number of ether oxygens (including phenoxy) is 1. The summed E-state index contributed by atoms with van der Waals surface area (Å²) >= 11 is 0. The Kier molecular flexibility index (Phi) is 3.43. The fourth-order valence-corrected chi connectivity index (χ4v) is 1.96. The second-order valence-electron chi connectivity index (χ2n) is 5.08. The van der Waals surface area contributed by atoms with Crippen molar-refractivity contribution in [3.05, 3.63) is 24.3 Å². The van der Waals surface area contributed by atoms with Crippen LogP contribution in [-0.2, 0) is 4.74 Å². The summed E-state index contributed by atoms with van der Waals surface area (Å²) in [5, 5.41) is 2.85. The summed E-state index contributed by atoms with van der Waals surface area (Å²) in [5.74, 6) is 0. The zero-order chi connectivity index (χ0) is 13.2. The number of carbonyl (C=O) groups is 1. The second-order valence-corrected chi connectivity index (χ2v) is 5.08. The third kappa shape index (κ3) is 3.13. The Hall–Kier alpha value is -1.75. The maximum atomic E-state index is 12.1. The largest absolute Gasteiger partial charge is 0.399 e. The Bertz CT molecular complexity index is 428. The molecular weight excluding hydrogens is 230 g/mol. The van der Waals surface area contributed by atoms with Gasteiger partial charge in [0.2, 0.25) is 0 Å². The van der Waals surface area contributed by atoms with Gasteiger partial charge in [-0.05, 0) is 38.1 Å². The molecule has 0 aliphatic carbocycles. The molecule has 5 heteroatoms. The van der Waals surface area contributed by atoms with Crippen LogP contribution in [0.2, 0.25) is 0 Å². The van der Waals surface area contributed by atoms with Crippen LogP contribution in [0.25, 0.3) is 0 Å². The van der Waals surface area contributed by atoms with Gasteiger partial charge in [0.05, 0.1) is 18.8 Å². The van der Waals surface area contributed by atoms with E-state index in [1.54, 1.807) is 29.2 Å². The number of rotatable bonds is 1. The van der Waals surface area contributed by atoms with Gasteiger partial charge in [-0.25, -0.2) is 4.79 Å². The van der Waals surface area contributed by atoms with Crippen LogP contribution in [0.3, 0.4) is 0 Å². The van der Waals surface area contributed by atoms with Gasteiger partial charge in [0.15, 0.2) is 0 Å². The predicted octanol–water partition coefficient (Wildman–Crippen LogP) is 1.91. The van der Waals surface area contributed by atoms with E-state index in [1.165, 1.54) is 0 Å². The Morgan fingerprint density at radius 2 is 2.06 bits per heavy atom. The molecule has 1 aliphatic heterocycles. The van der Waals surface area contributed by atoms with Crippen molar-refractivity contribution in [2.24, 2.45) is 0 Å². The molecule has 3 N–H and O–H groups in total. The van der Waals surface area contributed by atoms with Crippen LogP contribution >= 0.6 is 0 Å². The lowest BCUT2D eigenvalue weighted by atomic mass is 10.1. The average Bonchev–Trinajstić information content (AvgIpc) is 2.31. The van der Waals surface area contributed by atoms with E-state index >= 15 is 0 Å². The fraction of sp³-hybridized carbons (Fsp3) is 0.462. The maximum Gasteiger partial charge on any atom is 0.322 e. The van der Waals surface area contributed by atoms with Crippen molar-refractivity contribution < 1.29 is 9.53 Å². The lowest BCUT2D eigenvalue weighted by molar-refractivity contribution is -0.0720. The first-order chi connectivity index (χ1) is 8.46. The molecule has 0 unspecified atom stereocenters. The average molecular weight is 249 g/mol. The van der Waals surface area contributed by atoms with Crippen LogP contribution in [0.15, 0.2) is 24.3 Å². The Labute approximate surface area is 107 Å². The molecular formula is C13H19N3O2. The molecule has 1 aromatic carbocycles. The van der Waals surface area contributed by atoms with Gasteiger partial charge in [-0.1, -0.05) is 0 Å². The molecule has 0 saturated carbocycles. The first kappa shape index (κ1) is 12.7. The minimum atomic E-state index is -0.281. The summed E-state index contributed by atoms with van der Waals surface area (Å²) in [6.45, 7) is 5.74. The molecule has 98 valence electrons. The van der Waals surface area contributed by atoms with Gasteiger partial charge in [-0.3, -0.25) is 0 Å². The van der Waals surface area contributed by atoms with Gasteiger partial charge in [-0.2, -0.15) is 0 Å². The molecule has 0 spiro atoms. The monoisotopic (exact) mass is 249 g/mol. The highest BCUT2D eigenvalue weighted by molar-refractivity contribution is 5.89. The third-order valence-corrected chi connectivity index (χ3v) is 2.87. The van der Waals surface area contributed by atoms with Crippen molar-refractivity contribution in [3.63, 3.8) is 0 Å². The normalized spacial score (nSPS) is 18.4. The Balaban J connectivity index is 1.97. The number of nitrogen functional groups attached to an aromatic ring is 1. The van der Waals surface area contributed by atoms with E-state index in [4.69, 9.17) is 10.5 Å². The highest BCUT2D eigenvalue weighted by Crippen LogP contribution is 2.18. The number of carbonyl (C=O) groups excluding carboxylic acids is 1. The number of morpholine rings is 1. The number of anilines is 2. The zero-order valence-corrected chi connectivity index (χ0v) is 10.8. The minimum Gasteiger partial charge on any atom is -0.399 e. The predicted molar refractivity (Wildman–Crippen MR) is 71.5 cm³/mol. The number of benzene rings is 1. The molecule has 1 aromatic rings. The van der Waals surface area contributed by atoms with Crippen LogP contribution in [-0.4, -0.2) is 36.2 Å². The molecule has 1 heterocycles. The van der Waals surface area contributed by atoms with E-state index in [2.05, 4.69) is 5.32 Å². The van der Waals surface area contributed by atoms with E-state index in [-0.39, 0.29) is 11.6 Å². The van der Waals surface area contributed by atoms with Gasteiger partial charge in [0.25, 0.3) is 0 Å². The summed E-state index contributed by atoms with van der Waals surface area (Å²) in [5.41, 5.74) is 6.74.